The first-order valence-electron chi connectivity index (χ1n) is 1.68. The van der Waals surface area contributed by atoms with Crippen LogP contribution in [0.15, 0.2) is 0 Å². The number of hydrogen-bond donors (Lipinski definition) is 1. The fourth-order valence-electron chi connectivity index (χ4n) is 0.0913. The maximum Gasteiger partial charge on any atom is 0.0164 e. The second-order valence-electron chi connectivity index (χ2n) is 0.833. The third-order valence-electron chi connectivity index (χ3n) is 0.295. The lowest BCUT2D eigenvalue weighted by Crippen LogP contribution is -1.69. The van der Waals surface area contributed by atoms with Gasteiger partial charge in [-0.15, -0.1) is 0 Å². The van der Waals surface area contributed by atoms with Gasteiger partial charge in [0.1, 0.15) is 0 Å². The Morgan fingerprint density at radius 2 is 2.40 bits per heavy atom. The van der Waals surface area contributed by atoms with Crippen molar-refractivity contribution < 1.29 is 4.55 Å². The Labute approximate surface area is 39.4 Å². The third-order valence-corrected chi connectivity index (χ3v) is 2.11. The summed E-state index contributed by atoms with van der Waals surface area (Å²) >= 11 is 0.936. The molecule has 0 spiro atoms. The van der Waals surface area contributed by atoms with Gasteiger partial charge in [-0.3, -0.25) is 0 Å². The summed E-state index contributed by atoms with van der Waals surface area (Å²) in [6, 6.07) is 1.20. The lowest BCUT2D eigenvalue weighted by atomic mass is 11.0. The molecule has 0 aliphatic heterocycles. The van der Waals surface area contributed by atoms with E-state index in [0.29, 0.717) is 0 Å². The monoisotopic (exact) mass is 108 g/mol. The zero-order valence-corrected chi connectivity index (χ0v) is 6.09. The van der Waals surface area contributed by atoms with E-state index >= 15 is 0 Å². The van der Waals surface area contributed by atoms with Crippen molar-refractivity contribution >= 4 is 22.3 Å². The fraction of sp³-hybridized carbons (Fsp3) is 1.00. The van der Waals surface area contributed by atoms with Crippen molar-refractivity contribution in [2.45, 2.75) is 6.04 Å². The van der Waals surface area contributed by atoms with Crippen LogP contribution in [0.25, 0.3) is 0 Å². The van der Waals surface area contributed by atoms with E-state index in [4.69, 9.17) is 4.55 Å². The molecule has 32 valence electrons. The van der Waals surface area contributed by atoms with Crippen molar-refractivity contribution in [3.63, 3.8) is 0 Å². The molecule has 0 aliphatic carbocycles. The highest BCUT2D eigenvalue weighted by atomic mass is 32.2. The first-order chi connectivity index (χ1) is 2.41. The predicted molar refractivity (Wildman–Crippen MR) is 29.8 cm³/mol. The van der Waals surface area contributed by atoms with Gasteiger partial charge in [0, 0.05) is 16.0 Å². The van der Waals surface area contributed by atoms with Crippen LogP contribution < -0.4 is 0 Å². The summed E-state index contributed by atoms with van der Waals surface area (Å²) < 4.78 is 8.01. The Kier molecular flexibility index (Phi) is 5.00. The van der Waals surface area contributed by atoms with Crippen LogP contribution in [-0.4, -0.2) is 20.5 Å². The molecule has 3 heteroatoms. The number of hydrogen-bond acceptors (Lipinski definition) is 2. The van der Waals surface area contributed by atoms with Gasteiger partial charge < -0.3 is 4.55 Å². The van der Waals surface area contributed by atoms with E-state index in [9.17, 15) is 0 Å². The van der Waals surface area contributed by atoms with Crippen LogP contribution in [-0.2, 0) is 0 Å². The van der Waals surface area contributed by atoms with Crippen LogP contribution in [0.5, 0.6) is 0 Å². The summed E-state index contributed by atoms with van der Waals surface area (Å²) in [7, 11) is 1.22. The Bertz CT molecular complexity index is 17.1. The molecule has 0 aromatic carbocycles. The summed E-state index contributed by atoms with van der Waals surface area (Å²) in [5, 5.41) is 0. The summed E-state index contributed by atoms with van der Waals surface area (Å²) in [6.07, 6.45) is 0. The van der Waals surface area contributed by atoms with Crippen molar-refractivity contribution in [2.75, 3.05) is 5.75 Å². The molecular weight excluding hydrogens is 100 g/mol. The van der Waals surface area contributed by atoms with Crippen molar-refractivity contribution in [2.24, 2.45) is 0 Å². The van der Waals surface area contributed by atoms with Gasteiger partial charge in [0.25, 0.3) is 0 Å². The highest BCUT2D eigenvalue weighted by Crippen LogP contribution is 1.89. The molecule has 0 aromatic rings. The van der Waals surface area contributed by atoms with Gasteiger partial charge in [0.2, 0.25) is 0 Å². The van der Waals surface area contributed by atoms with Gasteiger partial charge in [0.15, 0.2) is 0 Å². The molecule has 0 radical (unpaired) electrons. The van der Waals surface area contributed by atoms with Crippen molar-refractivity contribution in [1.82, 2.24) is 0 Å². The largest absolute Gasteiger partial charge is 0.330 e. The molecule has 0 fully saturated rings. The van der Waals surface area contributed by atoms with E-state index in [1.54, 1.807) is 0 Å². The molecule has 0 heterocycles. The molecule has 0 rings (SSSR count). The Morgan fingerprint density at radius 1 is 1.80 bits per heavy atom. The average Bonchev–Trinajstić information content (AvgIpc) is 1.41. The minimum absolute atomic E-state index is 0.923. The molecule has 1 N–H and O–H groups in total. The van der Waals surface area contributed by atoms with E-state index in [-0.39, 0.29) is 0 Å². The van der Waals surface area contributed by atoms with Crippen LogP contribution in [0.1, 0.15) is 0 Å². The Hall–Kier alpha value is 0.527. The lowest BCUT2D eigenvalue weighted by Gasteiger charge is -1.78. The topological polar surface area (TPSA) is 20.2 Å². The molecule has 0 atom stereocenters. The van der Waals surface area contributed by atoms with Crippen LogP contribution in [0.2, 0.25) is 6.04 Å². The van der Waals surface area contributed by atoms with Gasteiger partial charge in [0.05, 0.1) is 0 Å². The SMILES string of the molecule is OSCC[SiH3]. The minimum Gasteiger partial charge on any atom is -0.330 e. The van der Waals surface area contributed by atoms with Gasteiger partial charge >= 0.3 is 0 Å². The van der Waals surface area contributed by atoms with Crippen molar-refractivity contribution in [1.29, 1.82) is 0 Å². The molecule has 0 aliphatic rings. The standard InChI is InChI=1S/C2H8OSSi/c3-4-1-2-5/h3H,1-2H2,5H3. The van der Waals surface area contributed by atoms with E-state index in [2.05, 4.69) is 0 Å². The quantitative estimate of drug-likeness (QED) is 0.396. The lowest BCUT2D eigenvalue weighted by molar-refractivity contribution is 0.665. The summed E-state index contributed by atoms with van der Waals surface area (Å²) in [5.74, 6) is 0.923. The second-order valence-corrected chi connectivity index (χ2v) is 2.50. The zero-order valence-electron chi connectivity index (χ0n) is 3.27. The zero-order chi connectivity index (χ0) is 4.12. The van der Waals surface area contributed by atoms with Gasteiger partial charge in [-0.2, -0.15) is 0 Å². The average molecular weight is 108 g/mol. The molecule has 0 unspecified atom stereocenters. The normalized spacial score (nSPS) is 9.00. The maximum absolute atomic E-state index is 8.01. The maximum atomic E-state index is 8.01. The van der Waals surface area contributed by atoms with Crippen LogP contribution in [0.3, 0.4) is 0 Å². The first kappa shape index (κ1) is 5.53. The Balaban J connectivity index is 2.19. The molecule has 5 heavy (non-hydrogen) atoms. The summed E-state index contributed by atoms with van der Waals surface area (Å²) in [6.45, 7) is 0. The first-order valence-corrected chi connectivity index (χ1v) is 4.04. The van der Waals surface area contributed by atoms with Gasteiger partial charge in [-0.1, -0.05) is 6.04 Å². The van der Waals surface area contributed by atoms with Crippen molar-refractivity contribution in [3.8, 4) is 0 Å². The molecule has 0 saturated heterocycles. The molecule has 0 saturated carbocycles. The van der Waals surface area contributed by atoms with E-state index in [0.717, 1.165) is 17.8 Å². The highest BCUT2D eigenvalue weighted by Gasteiger charge is 1.70. The number of rotatable bonds is 2. The second kappa shape index (κ2) is 4.53. The van der Waals surface area contributed by atoms with Gasteiger partial charge in [-0.05, 0) is 12.0 Å². The van der Waals surface area contributed by atoms with E-state index in [1.807, 2.05) is 0 Å². The summed E-state index contributed by atoms with van der Waals surface area (Å²) in [4.78, 5) is 0. The van der Waals surface area contributed by atoms with Crippen LogP contribution >= 0.6 is 12.0 Å². The smallest absolute Gasteiger partial charge is 0.0164 e. The fourth-order valence-corrected chi connectivity index (χ4v) is 0.822. The third kappa shape index (κ3) is 4.53. The van der Waals surface area contributed by atoms with Crippen LogP contribution in [0, 0.1) is 0 Å². The van der Waals surface area contributed by atoms with E-state index < -0.39 is 0 Å². The highest BCUT2D eigenvalue weighted by molar-refractivity contribution is 7.93. The van der Waals surface area contributed by atoms with E-state index in [1.165, 1.54) is 16.3 Å². The molecular formula is C2H8OSSi. The minimum atomic E-state index is 0.923. The van der Waals surface area contributed by atoms with Crippen molar-refractivity contribution in [3.05, 3.63) is 0 Å². The molecule has 0 amide bonds. The molecule has 0 aromatic heterocycles. The van der Waals surface area contributed by atoms with Crippen LogP contribution in [0.4, 0.5) is 0 Å². The molecule has 0 bridgehead atoms. The van der Waals surface area contributed by atoms with Gasteiger partial charge in [-0.25, -0.2) is 0 Å². The molecule has 1 nitrogen and oxygen atoms in total. The Morgan fingerprint density at radius 3 is 2.40 bits per heavy atom. The summed E-state index contributed by atoms with van der Waals surface area (Å²) in [5.41, 5.74) is 0. The predicted octanol–water partition coefficient (Wildman–Crippen LogP) is -0.0237.